The molecular formula is C20H32O6. The molecule has 0 heterocycles. The zero-order valence-electron chi connectivity index (χ0n) is 16.6. The average molecular weight is 368 g/mol. The molecule has 0 amide bonds. The monoisotopic (exact) mass is 368 g/mol. The SMILES string of the molecule is COCCOCCOCCOC(=O)Oc1c(C(C)C)cccc1C(C)C. The molecular weight excluding hydrogens is 336 g/mol. The number of carbonyl (C=O) groups is 1. The summed E-state index contributed by atoms with van der Waals surface area (Å²) in [5.74, 6) is 1.10. The van der Waals surface area contributed by atoms with E-state index in [1.807, 2.05) is 18.2 Å². The largest absolute Gasteiger partial charge is 0.513 e. The first kappa shape index (κ1) is 22.4. The van der Waals surface area contributed by atoms with E-state index in [9.17, 15) is 4.79 Å². The molecule has 0 aliphatic rings. The lowest BCUT2D eigenvalue weighted by atomic mass is 9.94. The number of rotatable bonds is 12. The zero-order chi connectivity index (χ0) is 19.4. The Morgan fingerprint density at radius 1 is 0.846 bits per heavy atom. The van der Waals surface area contributed by atoms with Crippen molar-refractivity contribution in [3.8, 4) is 5.75 Å². The van der Waals surface area contributed by atoms with Gasteiger partial charge in [-0.2, -0.15) is 0 Å². The second-order valence-electron chi connectivity index (χ2n) is 6.49. The van der Waals surface area contributed by atoms with Gasteiger partial charge in [-0.15, -0.1) is 0 Å². The summed E-state index contributed by atoms with van der Waals surface area (Å²) in [5.41, 5.74) is 2.00. The molecule has 6 heteroatoms. The molecule has 0 bridgehead atoms. The highest BCUT2D eigenvalue weighted by atomic mass is 16.7. The molecule has 0 aliphatic heterocycles. The van der Waals surface area contributed by atoms with Crippen LogP contribution in [0.25, 0.3) is 0 Å². The molecule has 0 spiro atoms. The third kappa shape index (κ3) is 8.17. The first-order valence-corrected chi connectivity index (χ1v) is 9.09. The van der Waals surface area contributed by atoms with Crippen molar-refractivity contribution in [1.82, 2.24) is 0 Å². The van der Waals surface area contributed by atoms with Gasteiger partial charge in [-0.05, 0) is 23.0 Å². The van der Waals surface area contributed by atoms with Crippen LogP contribution in [0.1, 0.15) is 50.7 Å². The molecule has 1 aromatic rings. The second-order valence-corrected chi connectivity index (χ2v) is 6.49. The van der Waals surface area contributed by atoms with Crippen molar-refractivity contribution in [2.75, 3.05) is 46.8 Å². The minimum absolute atomic E-state index is 0.137. The van der Waals surface area contributed by atoms with Crippen LogP contribution in [0.2, 0.25) is 0 Å². The second kappa shape index (κ2) is 12.7. The third-order valence-corrected chi connectivity index (χ3v) is 3.76. The standard InChI is InChI=1S/C20H32O6/c1-15(2)17-7-6-8-18(16(3)4)19(17)26-20(21)25-14-13-24-12-11-23-10-9-22-5/h6-8,15-16H,9-14H2,1-5H3. The Balaban J connectivity index is 2.39. The van der Waals surface area contributed by atoms with E-state index in [1.54, 1.807) is 7.11 Å². The van der Waals surface area contributed by atoms with Gasteiger partial charge < -0.3 is 23.7 Å². The van der Waals surface area contributed by atoms with Crippen LogP contribution in [0, 0.1) is 0 Å². The maximum atomic E-state index is 12.0. The number of ether oxygens (including phenoxy) is 5. The average Bonchev–Trinajstić information content (AvgIpc) is 2.60. The van der Waals surface area contributed by atoms with E-state index in [2.05, 4.69) is 27.7 Å². The number of para-hydroxylation sites is 1. The van der Waals surface area contributed by atoms with E-state index in [1.165, 1.54) is 0 Å². The summed E-state index contributed by atoms with van der Waals surface area (Å²) in [5, 5.41) is 0. The van der Waals surface area contributed by atoms with Gasteiger partial charge in [-0.1, -0.05) is 45.9 Å². The summed E-state index contributed by atoms with van der Waals surface area (Å²) in [6.07, 6.45) is -0.708. The summed E-state index contributed by atoms with van der Waals surface area (Å²) in [6.45, 7) is 10.7. The minimum Gasteiger partial charge on any atom is -0.432 e. The van der Waals surface area contributed by atoms with Gasteiger partial charge in [0.1, 0.15) is 12.4 Å². The first-order valence-electron chi connectivity index (χ1n) is 9.09. The Morgan fingerprint density at radius 2 is 1.35 bits per heavy atom. The van der Waals surface area contributed by atoms with Gasteiger partial charge in [0.2, 0.25) is 0 Å². The lowest BCUT2D eigenvalue weighted by Gasteiger charge is -2.18. The Morgan fingerprint density at radius 3 is 1.85 bits per heavy atom. The van der Waals surface area contributed by atoms with Crippen LogP contribution in [0.15, 0.2) is 18.2 Å². The summed E-state index contributed by atoms with van der Waals surface area (Å²) in [7, 11) is 1.62. The van der Waals surface area contributed by atoms with E-state index in [-0.39, 0.29) is 18.4 Å². The highest BCUT2D eigenvalue weighted by Crippen LogP contribution is 2.34. The molecule has 6 nitrogen and oxygen atoms in total. The van der Waals surface area contributed by atoms with Crippen LogP contribution in [0.5, 0.6) is 5.75 Å². The first-order chi connectivity index (χ1) is 12.5. The van der Waals surface area contributed by atoms with Crippen LogP contribution < -0.4 is 4.74 Å². The molecule has 1 aromatic carbocycles. The van der Waals surface area contributed by atoms with Gasteiger partial charge in [0.25, 0.3) is 0 Å². The molecule has 26 heavy (non-hydrogen) atoms. The van der Waals surface area contributed by atoms with Crippen molar-refractivity contribution in [3.63, 3.8) is 0 Å². The van der Waals surface area contributed by atoms with Crippen LogP contribution in [0.4, 0.5) is 4.79 Å². The van der Waals surface area contributed by atoms with Crippen molar-refractivity contribution in [2.24, 2.45) is 0 Å². The fraction of sp³-hybridized carbons (Fsp3) is 0.650. The molecule has 0 radical (unpaired) electrons. The quantitative estimate of drug-likeness (QED) is 0.314. The number of methoxy groups -OCH3 is 1. The molecule has 0 aliphatic carbocycles. The zero-order valence-corrected chi connectivity index (χ0v) is 16.6. The topological polar surface area (TPSA) is 63.2 Å². The smallest absolute Gasteiger partial charge is 0.432 e. The molecule has 0 saturated heterocycles. The van der Waals surface area contributed by atoms with E-state index < -0.39 is 6.16 Å². The highest BCUT2D eigenvalue weighted by molar-refractivity contribution is 5.66. The van der Waals surface area contributed by atoms with Crippen molar-refractivity contribution < 1.29 is 28.5 Å². The van der Waals surface area contributed by atoms with Gasteiger partial charge in [0.15, 0.2) is 0 Å². The van der Waals surface area contributed by atoms with Gasteiger partial charge >= 0.3 is 6.16 Å². The Bertz CT molecular complexity index is 501. The molecule has 0 saturated carbocycles. The highest BCUT2D eigenvalue weighted by Gasteiger charge is 2.18. The van der Waals surface area contributed by atoms with Gasteiger partial charge in [0, 0.05) is 7.11 Å². The molecule has 0 fully saturated rings. The fourth-order valence-corrected chi connectivity index (χ4v) is 2.36. The van der Waals surface area contributed by atoms with Crippen molar-refractivity contribution >= 4 is 6.16 Å². The van der Waals surface area contributed by atoms with E-state index >= 15 is 0 Å². The predicted molar refractivity (Wildman–Crippen MR) is 100 cm³/mol. The van der Waals surface area contributed by atoms with Gasteiger partial charge in [-0.3, -0.25) is 0 Å². The van der Waals surface area contributed by atoms with Crippen LogP contribution in [-0.4, -0.2) is 52.9 Å². The van der Waals surface area contributed by atoms with Crippen molar-refractivity contribution in [1.29, 1.82) is 0 Å². The minimum atomic E-state index is -0.708. The summed E-state index contributed by atoms with van der Waals surface area (Å²) in [6, 6.07) is 5.95. The fourth-order valence-electron chi connectivity index (χ4n) is 2.36. The van der Waals surface area contributed by atoms with Gasteiger partial charge in [-0.25, -0.2) is 4.79 Å². The van der Waals surface area contributed by atoms with Gasteiger partial charge in [0.05, 0.1) is 33.0 Å². The summed E-state index contributed by atoms with van der Waals surface area (Å²) in [4.78, 5) is 12.0. The third-order valence-electron chi connectivity index (χ3n) is 3.76. The molecule has 0 aromatic heterocycles. The lowest BCUT2D eigenvalue weighted by molar-refractivity contribution is 0.00853. The summed E-state index contributed by atoms with van der Waals surface area (Å²) >= 11 is 0. The molecule has 0 N–H and O–H groups in total. The summed E-state index contributed by atoms with van der Waals surface area (Å²) < 4.78 is 26.1. The van der Waals surface area contributed by atoms with E-state index in [0.29, 0.717) is 38.8 Å². The Hall–Kier alpha value is -1.63. The predicted octanol–water partition coefficient (Wildman–Crippen LogP) is 4.13. The molecule has 0 atom stereocenters. The molecule has 0 unspecified atom stereocenters. The van der Waals surface area contributed by atoms with Crippen molar-refractivity contribution in [2.45, 2.75) is 39.5 Å². The number of benzene rings is 1. The Labute approximate surface area is 156 Å². The van der Waals surface area contributed by atoms with E-state index in [4.69, 9.17) is 23.7 Å². The lowest BCUT2D eigenvalue weighted by Crippen LogP contribution is -2.17. The van der Waals surface area contributed by atoms with Crippen LogP contribution >= 0.6 is 0 Å². The number of hydrogen-bond donors (Lipinski definition) is 0. The molecule has 1 rings (SSSR count). The van der Waals surface area contributed by atoms with Crippen LogP contribution in [0.3, 0.4) is 0 Å². The molecule has 148 valence electrons. The number of hydrogen-bond acceptors (Lipinski definition) is 6. The number of carbonyl (C=O) groups excluding carboxylic acids is 1. The normalized spacial score (nSPS) is 11.2. The maximum absolute atomic E-state index is 12.0. The van der Waals surface area contributed by atoms with Crippen molar-refractivity contribution in [3.05, 3.63) is 29.3 Å². The van der Waals surface area contributed by atoms with Crippen LogP contribution in [-0.2, 0) is 18.9 Å². The maximum Gasteiger partial charge on any atom is 0.513 e. The van der Waals surface area contributed by atoms with E-state index in [0.717, 1.165) is 11.1 Å². The Kier molecular flexibility index (Phi) is 10.9.